The van der Waals surface area contributed by atoms with E-state index in [4.69, 9.17) is 0 Å². The highest BCUT2D eigenvalue weighted by molar-refractivity contribution is 7.89. The Labute approximate surface area is 158 Å². The highest BCUT2D eigenvalue weighted by Gasteiger charge is 2.15. The first kappa shape index (κ1) is 18.8. The minimum atomic E-state index is -3.53. The summed E-state index contributed by atoms with van der Waals surface area (Å²) < 4.78 is 28.4. The van der Waals surface area contributed by atoms with Gasteiger partial charge in [0.05, 0.1) is 17.4 Å². The molecule has 140 valence electrons. The Hall–Kier alpha value is -2.97. The first-order valence-corrected chi connectivity index (χ1v) is 9.98. The van der Waals surface area contributed by atoms with Crippen molar-refractivity contribution < 1.29 is 13.2 Å². The van der Waals surface area contributed by atoms with Gasteiger partial charge >= 0.3 is 0 Å². The number of hydrogen-bond donors (Lipinski definition) is 2. The van der Waals surface area contributed by atoms with Crippen LogP contribution in [-0.2, 0) is 10.0 Å². The van der Waals surface area contributed by atoms with Crippen molar-refractivity contribution in [3.05, 3.63) is 72.8 Å². The lowest BCUT2D eigenvalue weighted by Crippen LogP contribution is -2.24. The van der Waals surface area contributed by atoms with E-state index in [9.17, 15) is 13.2 Å². The largest absolute Gasteiger partial charge is 0.321 e. The Morgan fingerprint density at radius 2 is 1.78 bits per heavy atom. The van der Waals surface area contributed by atoms with Crippen LogP contribution in [0.5, 0.6) is 0 Å². The molecule has 8 heteroatoms. The van der Waals surface area contributed by atoms with E-state index in [1.54, 1.807) is 23.0 Å². The van der Waals surface area contributed by atoms with Crippen LogP contribution < -0.4 is 10.0 Å². The summed E-state index contributed by atoms with van der Waals surface area (Å²) >= 11 is 0. The molecule has 0 unspecified atom stereocenters. The Morgan fingerprint density at radius 1 is 1.07 bits per heavy atom. The summed E-state index contributed by atoms with van der Waals surface area (Å²) in [6.07, 6.45) is 3.76. The Balaban J connectivity index is 1.75. The van der Waals surface area contributed by atoms with Gasteiger partial charge in [0.1, 0.15) is 5.69 Å². The lowest BCUT2D eigenvalue weighted by molar-refractivity contribution is 0.102. The molecule has 0 radical (unpaired) electrons. The van der Waals surface area contributed by atoms with Gasteiger partial charge in [0.15, 0.2) is 0 Å². The molecule has 1 heterocycles. The fourth-order valence-corrected chi connectivity index (χ4v) is 3.62. The zero-order valence-corrected chi connectivity index (χ0v) is 15.6. The molecule has 0 aliphatic rings. The number of carbonyl (C=O) groups excluding carboxylic acids is 1. The number of imidazole rings is 1. The van der Waals surface area contributed by atoms with Crippen molar-refractivity contribution in [2.75, 3.05) is 11.9 Å². The van der Waals surface area contributed by atoms with Crippen LogP contribution in [0, 0.1) is 0 Å². The van der Waals surface area contributed by atoms with Gasteiger partial charge in [-0.05, 0) is 42.8 Å². The van der Waals surface area contributed by atoms with Crippen molar-refractivity contribution in [1.82, 2.24) is 14.3 Å². The standard InChI is InChI=1S/C19H20N4O3S/c1-2-12-21-27(25,26)17-10-8-15(9-11-17)22-19(24)18-13-20-14-23(18)16-6-4-3-5-7-16/h3-11,13-14,21H,2,12H2,1H3,(H,22,24). The second-order valence-electron chi connectivity index (χ2n) is 5.86. The van der Waals surface area contributed by atoms with Gasteiger partial charge < -0.3 is 5.32 Å². The zero-order valence-electron chi connectivity index (χ0n) is 14.8. The first-order valence-electron chi connectivity index (χ1n) is 8.50. The second kappa shape index (κ2) is 8.15. The van der Waals surface area contributed by atoms with Crippen molar-refractivity contribution in [3.63, 3.8) is 0 Å². The number of para-hydroxylation sites is 1. The predicted octanol–water partition coefficient (Wildman–Crippen LogP) is 2.81. The van der Waals surface area contributed by atoms with E-state index in [0.29, 0.717) is 24.3 Å². The van der Waals surface area contributed by atoms with Crippen LogP contribution in [0.2, 0.25) is 0 Å². The normalized spacial score (nSPS) is 11.3. The predicted molar refractivity (Wildman–Crippen MR) is 103 cm³/mol. The summed E-state index contributed by atoms with van der Waals surface area (Å²) in [5.74, 6) is -0.337. The highest BCUT2D eigenvalue weighted by atomic mass is 32.2. The molecule has 0 aliphatic heterocycles. The van der Waals surface area contributed by atoms with Crippen molar-refractivity contribution in [1.29, 1.82) is 0 Å². The molecular formula is C19H20N4O3S. The zero-order chi connectivity index (χ0) is 19.3. The molecule has 2 aromatic carbocycles. The number of nitrogens with zero attached hydrogens (tertiary/aromatic N) is 2. The number of amides is 1. The molecule has 0 spiro atoms. The van der Waals surface area contributed by atoms with Crippen LogP contribution in [0.15, 0.2) is 72.0 Å². The number of hydrogen-bond acceptors (Lipinski definition) is 4. The van der Waals surface area contributed by atoms with Crippen LogP contribution in [0.4, 0.5) is 5.69 Å². The summed E-state index contributed by atoms with van der Waals surface area (Å²) in [5, 5.41) is 2.76. The average Bonchev–Trinajstić information content (AvgIpc) is 3.17. The molecule has 3 aromatic rings. The molecule has 3 rings (SSSR count). The van der Waals surface area contributed by atoms with Gasteiger partial charge in [-0.3, -0.25) is 9.36 Å². The van der Waals surface area contributed by atoms with E-state index >= 15 is 0 Å². The molecule has 0 aliphatic carbocycles. The van der Waals surface area contributed by atoms with Crippen LogP contribution in [0.1, 0.15) is 23.8 Å². The van der Waals surface area contributed by atoms with Gasteiger partial charge in [-0.15, -0.1) is 0 Å². The topological polar surface area (TPSA) is 93.1 Å². The van der Waals surface area contributed by atoms with Crippen LogP contribution in [0.25, 0.3) is 5.69 Å². The minimum Gasteiger partial charge on any atom is -0.321 e. The lowest BCUT2D eigenvalue weighted by Gasteiger charge is -2.10. The molecule has 0 saturated heterocycles. The molecule has 0 bridgehead atoms. The molecule has 0 saturated carbocycles. The number of rotatable bonds is 7. The SMILES string of the molecule is CCCNS(=O)(=O)c1ccc(NC(=O)c2cncn2-c2ccccc2)cc1. The van der Waals surface area contributed by atoms with Gasteiger partial charge in [-0.1, -0.05) is 25.1 Å². The molecule has 1 aromatic heterocycles. The van der Waals surface area contributed by atoms with Gasteiger partial charge in [0.2, 0.25) is 10.0 Å². The maximum Gasteiger partial charge on any atom is 0.274 e. The van der Waals surface area contributed by atoms with E-state index in [1.165, 1.54) is 18.3 Å². The molecule has 27 heavy (non-hydrogen) atoms. The first-order chi connectivity index (χ1) is 13.0. The Bertz CT molecular complexity index is 1010. The van der Waals surface area contributed by atoms with Gasteiger partial charge in [0.25, 0.3) is 5.91 Å². The number of aromatic nitrogens is 2. The average molecular weight is 384 g/mol. The molecule has 0 atom stereocenters. The number of carbonyl (C=O) groups is 1. The Kier molecular flexibility index (Phi) is 5.68. The highest BCUT2D eigenvalue weighted by Crippen LogP contribution is 2.16. The minimum absolute atomic E-state index is 0.156. The van der Waals surface area contributed by atoms with E-state index in [0.717, 1.165) is 5.69 Å². The van der Waals surface area contributed by atoms with Gasteiger partial charge in [-0.2, -0.15) is 0 Å². The second-order valence-corrected chi connectivity index (χ2v) is 7.63. The quantitative estimate of drug-likeness (QED) is 0.655. The van der Waals surface area contributed by atoms with Crippen molar-refractivity contribution in [3.8, 4) is 5.69 Å². The summed E-state index contributed by atoms with van der Waals surface area (Å²) in [6, 6.07) is 15.4. The van der Waals surface area contributed by atoms with Crippen molar-refractivity contribution in [2.45, 2.75) is 18.2 Å². The number of nitrogens with one attached hydrogen (secondary N) is 2. The fraction of sp³-hybridized carbons (Fsp3) is 0.158. The lowest BCUT2D eigenvalue weighted by atomic mass is 10.3. The third-order valence-corrected chi connectivity index (χ3v) is 5.35. The fourth-order valence-electron chi connectivity index (χ4n) is 2.49. The van der Waals surface area contributed by atoms with Crippen LogP contribution in [0.3, 0.4) is 0 Å². The molecule has 7 nitrogen and oxygen atoms in total. The van der Waals surface area contributed by atoms with Gasteiger partial charge in [0, 0.05) is 17.9 Å². The Morgan fingerprint density at radius 3 is 2.44 bits per heavy atom. The van der Waals surface area contributed by atoms with E-state index < -0.39 is 10.0 Å². The van der Waals surface area contributed by atoms with E-state index in [1.807, 2.05) is 37.3 Å². The molecular weight excluding hydrogens is 364 g/mol. The summed E-state index contributed by atoms with van der Waals surface area (Å²) in [4.78, 5) is 16.8. The maximum atomic E-state index is 12.6. The smallest absolute Gasteiger partial charge is 0.274 e. The van der Waals surface area contributed by atoms with Crippen molar-refractivity contribution >= 4 is 21.6 Å². The third-order valence-electron chi connectivity index (χ3n) is 3.87. The maximum absolute atomic E-state index is 12.6. The molecule has 0 fully saturated rings. The number of benzene rings is 2. The molecule has 2 N–H and O–H groups in total. The summed E-state index contributed by atoms with van der Waals surface area (Å²) in [7, 11) is -3.53. The van der Waals surface area contributed by atoms with Gasteiger partial charge in [-0.25, -0.2) is 18.1 Å². The van der Waals surface area contributed by atoms with E-state index in [2.05, 4.69) is 15.0 Å². The summed E-state index contributed by atoms with van der Waals surface area (Å²) in [5.41, 5.74) is 1.70. The van der Waals surface area contributed by atoms with Crippen molar-refractivity contribution in [2.24, 2.45) is 0 Å². The van der Waals surface area contributed by atoms with E-state index in [-0.39, 0.29) is 10.8 Å². The number of sulfonamides is 1. The number of anilines is 1. The third kappa shape index (κ3) is 4.42. The van der Waals surface area contributed by atoms with Crippen LogP contribution in [-0.4, -0.2) is 30.4 Å². The monoisotopic (exact) mass is 384 g/mol. The molecule has 1 amide bonds. The summed E-state index contributed by atoms with van der Waals surface area (Å²) in [6.45, 7) is 2.27. The van der Waals surface area contributed by atoms with Crippen LogP contribution >= 0.6 is 0 Å².